The van der Waals surface area contributed by atoms with E-state index < -0.39 is 57.8 Å². The van der Waals surface area contributed by atoms with Crippen LogP contribution in [-0.4, -0.2) is 66.5 Å². The zero-order valence-corrected chi connectivity index (χ0v) is 51.7. The number of carbonyl (C=O) groups excluding carboxylic acids is 3. The van der Waals surface area contributed by atoms with Crippen LogP contribution >= 0.6 is 7.82 Å². The van der Waals surface area contributed by atoms with Crippen LogP contribution in [0, 0.1) is 0 Å². The number of esters is 3. The molecule has 0 aliphatic heterocycles. The van der Waals surface area contributed by atoms with Crippen LogP contribution in [-0.2, 0) is 42.2 Å². The van der Waals surface area contributed by atoms with Crippen LogP contribution < -0.4 is 0 Å². The van der Waals surface area contributed by atoms with Crippen LogP contribution in [0.3, 0.4) is 0 Å². The lowest BCUT2D eigenvalue weighted by Gasteiger charge is -2.21. The number of allylic oxidation sites excluding steroid dienone is 18. The van der Waals surface area contributed by atoms with Crippen molar-refractivity contribution in [2.45, 2.75) is 277 Å². The van der Waals surface area contributed by atoms with Gasteiger partial charge in [0.15, 0.2) is 6.10 Å². The topological polar surface area (TPSA) is 155 Å². The van der Waals surface area contributed by atoms with Gasteiger partial charge in [-0.25, -0.2) is 4.57 Å². The van der Waals surface area contributed by atoms with Crippen molar-refractivity contribution in [3.63, 3.8) is 0 Å². The van der Waals surface area contributed by atoms with Gasteiger partial charge in [-0.1, -0.05) is 265 Å². The van der Waals surface area contributed by atoms with Gasteiger partial charge in [-0.15, -0.1) is 0 Å². The molecule has 0 heterocycles. The van der Waals surface area contributed by atoms with E-state index in [2.05, 4.69) is 118 Å². The fraction of sp³-hybridized carbons (Fsp3) is 0.691. The van der Waals surface area contributed by atoms with Crippen molar-refractivity contribution in [3.8, 4) is 0 Å². The highest BCUT2D eigenvalue weighted by molar-refractivity contribution is 7.47. The monoisotopic (exact) mass is 1140 g/mol. The largest absolute Gasteiger partial charge is 0.472 e. The Balaban J connectivity index is 4.81. The third kappa shape index (κ3) is 58.8. The van der Waals surface area contributed by atoms with Crippen molar-refractivity contribution in [1.82, 2.24) is 0 Å². The van der Waals surface area contributed by atoms with Gasteiger partial charge in [0, 0.05) is 19.3 Å². The van der Waals surface area contributed by atoms with E-state index in [1.807, 2.05) is 12.2 Å². The van der Waals surface area contributed by atoms with E-state index >= 15 is 0 Å². The molecule has 0 bridgehead atoms. The van der Waals surface area contributed by atoms with Gasteiger partial charge in [-0.2, -0.15) is 0 Å². The maximum Gasteiger partial charge on any atom is 0.472 e. The van der Waals surface area contributed by atoms with Crippen molar-refractivity contribution >= 4 is 25.7 Å². The van der Waals surface area contributed by atoms with Gasteiger partial charge in [0.1, 0.15) is 12.7 Å². The molecule has 458 valence electrons. The number of carbonyl (C=O) groups is 3. The summed E-state index contributed by atoms with van der Waals surface area (Å²) in [7, 11) is -4.78. The van der Waals surface area contributed by atoms with Crippen molar-refractivity contribution in [3.05, 3.63) is 109 Å². The Morgan fingerprint density at radius 1 is 0.362 bits per heavy atom. The van der Waals surface area contributed by atoms with Crippen LogP contribution in [0.5, 0.6) is 0 Å². The minimum Gasteiger partial charge on any atom is -0.462 e. The number of rotatable bonds is 58. The zero-order valence-electron chi connectivity index (χ0n) is 50.8. The first kappa shape index (κ1) is 76.1. The molecule has 0 aromatic heterocycles. The molecule has 0 aromatic rings. The van der Waals surface area contributed by atoms with Crippen LogP contribution in [0.1, 0.15) is 265 Å². The quantitative estimate of drug-likeness (QED) is 0.0197. The van der Waals surface area contributed by atoms with Gasteiger partial charge < -0.3 is 24.2 Å². The predicted octanol–water partition coefficient (Wildman–Crippen LogP) is 19.4. The smallest absolute Gasteiger partial charge is 0.462 e. The molecule has 0 spiro atoms. The summed E-state index contributed by atoms with van der Waals surface area (Å²) < 4.78 is 39.6. The second kappa shape index (κ2) is 61.2. The lowest BCUT2D eigenvalue weighted by molar-refractivity contribution is -0.161. The van der Waals surface area contributed by atoms with Crippen LogP contribution in [0.4, 0.5) is 0 Å². The average molecular weight is 1140 g/mol. The van der Waals surface area contributed by atoms with E-state index in [1.165, 1.54) is 96.3 Å². The summed E-state index contributed by atoms with van der Waals surface area (Å²) in [6, 6.07) is 0. The molecule has 0 saturated carbocycles. The first-order valence-corrected chi connectivity index (χ1v) is 33.3. The second-order valence-electron chi connectivity index (χ2n) is 20.8. The Kier molecular flexibility index (Phi) is 58.3. The summed E-state index contributed by atoms with van der Waals surface area (Å²) in [5.41, 5.74) is 0. The fourth-order valence-electron chi connectivity index (χ4n) is 8.46. The van der Waals surface area contributed by atoms with E-state index in [9.17, 15) is 28.9 Å². The van der Waals surface area contributed by atoms with Gasteiger partial charge in [-0.05, 0) is 89.9 Å². The predicted molar refractivity (Wildman–Crippen MR) is 334 cm³/mol. The van der Waals surface area contributed by atoms with E-state index in [0.29, 0.717) is 19.3 Å². The van der Waals surface area contributed by atoms with Crippen molar-refractivity contribution in [2.24, 2.45) is 0 Å². The Morgan fingerprint density at radius 3 is 1.05 bits per heavy atom. The lowest BCUT2D eigenvalue weighted by atomic mass is 10.0. The molecule has 0 aromatic carbocycles. The molecule has 80 heavy (non-hydrogen) atoms. The summed E-state index contributed by atoms with van der Waals surface area (Å²) in [5.74, 6) is -1.58. The number of aliphatic hydroxyl groups is 1. The molecule has 0 aliphatic rings. The molecule has 3 atom stereocenters. The Hall–Kier alpha value is -3.86. The zero-order chi connectivity index (χ0) is 58.3. The lowest BCUT2D eigenvalue weighted by Crippen LogP contribution is -2.30. The number of hydrogen-bond acceptors (Lipinski definition) is 10. The molecule has 0 aliphatic carbocycles. The number of hydrogen-bond donors (Lipinski definition) is 2. The van der Waals surface area contributed by atoms with E-state index in [4.69, 9.17) is 23.3 Å². The van der Waals surface area contributed by atoms with Gasteiger partial charge in [0.05, 0.1) is 19.8 Å². The third-order valence-electron chi connectivity index (χ3n) is 13.2. The van der Waals surface area contributed by atoms with E-state index in [0.717, 1.165) is 109 Å². The first-order chi connectivity index (χ1) is 39.2. The molecule has 3 unspecified atom stereocenters. The van der Waals surface area contributed by atoms with Gasteiger partial charge in [0.25, 0.3) is 0 Å². The number of phosphoric acid groups is 1. The summed E-state index contributed by atoms with van der Waals surface area (Å²) >= 11 is 0. The average Bonchev–Trinajstić information content (AvgIpc) is 3.45. The maximum absolute atomic E-state index is 13.0. The molecular weight excluding hydrogens is 1020 g/mol. The minimum absolute atomic E-state index is 0.0974. The van der Waals surface area contributed by atoms with E-state index in [-0.39, 0.29) is 25.9 Å². The normalized spacial score (nSPS) is 14.0. The van der Waals surface area contributed by atoms with Crippen molar-refractivity contribution in [2.75, 3.05) is 26.4 Å². The third-order valence-corrected chi connectivity index (χ3v) is 14.2. The van der Waals surface area contributed by atoms with Crippen LogP contribution in [0.25, 0.3) is 0 Å². The highest BCUT2D eigenvalue weighted by Gasteiger charge is 2.28. The molecule has 12 heteroatoms. The highest BCUT2D eigenvalue weighted by Crippen LogP contribution is 2.43. The summed E-state index contributed by atoms with van der Waals surface area (Å²) in [6.45, 7) is 4.35. The number of unbranched alkanes of at least 4 members (excludes halogenated alkanes) is 23. The summed E-state index contributed by atoms with van der Waals surface area (Å²) in [6.07, 6.45) is 74.9. The maximum atomic E-state index is 13.0. The first-order valence-electron chi connectivity index (χ1n) is 31.8. The Labute approximate surface area is 488 Å². The molecular formula is C68H115O11P. The van der Waals surface area contributed by atoms with Gasteiger partial charge >= 0.3 is 25.7 Å². The Bertz CT molecular complexity index is 1760. The molecule has 0 amide bonds. The number of phosphoric ester groups is 1. The van der Waals surface area contributed by atoms with Gasteiger partial charge in [-0.3, -0.25) is 23.4 Å². The number of aliphatic hydroxyl groups excluding tert-OH is 1. The minimum atomic E-state index is -4.78. The van der Waals surface area contributed by atoms with Crippen LogP contribution in [0.15, 0.2) is 109 Å². The van der Waals surface area contributed by atoms with Crippen LogP contribution in [0.2, 0.25) is 0 Å². The molecule has 0 saturated heterocycles. The standard InChI is InChI=1S/C68H115O11P/c1-4-7-10-13-16-19-22-25-28-30-32-34-37-39-42-45-48-51-54-57-66(70)75-61-65(79-68(72)59-56-53-50-47-44-41-38-35-33-31-29-26-23-20-17-14-11-8-5-2)63-77-80(73,74)76-62-64(60-69)78-67(71)58-55-52-49-46-43-40-36-27-24-21-18-15-12-9-6-3/h7,9-10,12,16,18-19,21,25,27-28,32,34,36,39,42,48,51,64-65,69H,4-6,8,11,13-15,17,20,22-24,26,29-31,33,35,37-38,40-41,43-47,49-50,52-63H2,1-3H3,(H,73,74)/b10-7-,12-9-,19-16-,21-18-,28-25-,34-32-,36-27-,42-39-,51-48-. The number of ether oxygens (including phenoxy) is 3. The van der Waals surface area contributed by atoms with Gasteiger partial charge in [0.2, 0.25) is 0 Å². The molecule has 0 rings (SSSR count). The summed E-state index contributed by atoms with van der Waals surface area (Å²) in [4.78, 5) is 48.7. The highest BCUT2D eigenvalue weighted by atomic mass is 31.2. The summed E-state index contributed by atoms with van der Waals surface area (Å²) in [5, 5.41) is 9.84. The SMILES string of the molecule is CC/C=C\C/C=C\C/C=C\C/C=C\C/C=C\C/C=C\CCC(=O)OCC(COP(=O)(O)OCC(CO)OC(=O)CCCCCCC/C=C\C/C=C\C/C=C\CC)OC(=O)CCCCCCCCCCCCCCCCCCCCC. The van der Waals surface area contributed by atoms with Crippen molar-refractivity contribution in [1.29, 1.82) is 0 Å². The van der Waals surface area contributed by atoms with Crippen molar-refractivity contribution < 1.29 is 52.2 Å². The molecule has 11 nitrogen and oxygen atoms in total. The van der Waals surface area contributed by atoms with E-state index in [1.54, 1.807) is 0 Å². The Morgan fingerprint density at radius 2 is 0.675 bits per heavy atom. The molecule has 0 fully saturated rings. The fourth-order valence-corrected chi connectivity index (χ4v) is 9.24. The molecule has 0 radical (unpaired) electrons. The molecule has 2 N–H and O–H groups in total. The second-order valence-corrected chi connectivity index (χ2v) is 22.3.